The van der Waals surface area contributed by atoms with Crippen LogP contribution in [0.15, 0.2) is 18.2 Å². The van der Waals surface area contributed by atoms with E-state index in [2.05, 4.69) is 44.3 Å². The summed E-state index contributed by atoms with van der Waals surface area (Å²) in [6.07, 6.45) is 5.45. The average Bonchev–Trinajstić information content (AvgIpc) is 2.37. The second kappa shape index (κ2) is 6.23. The minimum atomic E-state index is 0.169. The molecule has 0 aromatic heterocycles. The van der Waals surface area contributed by atoms with Crippen LogP contribution in [0.5, 0.6) is 0 Å². The van der Waals surface area contributed by atoms with Gasteiger partial charge in [-0.3, -0.25) is 4.79 Å². The van der Waals surface area contributed by atoms with Crippen LogP contribution in [0.2, 0.25) is 0 Å². The van der Waals surface area contributed by atoms with Crippen LogP contribution in [0.4, 0.5) is 0 Å². The molecule has 2 atom stereocenters. The first-order valence-corrected chi connectivity index (χ1v) is 7.42. The first-order chi connectivity index (χ1) is 9.06. The fourth-order valence-corrected chi connectivity index (χ4v) is 2.89. The molecule has 1 amide bonds. The molecule has 1 saturated carbocycles. The SMILES string of the molecule is Cc1ccc(CC(=O)NC2CCCCC2C)cc1C. The highest BCUT2D eigenvalue weighted by molar-refractivity contribution is 5.79. The lowest BCUT2D eigenvalue weighted by molar-refractivity contribution is -0.121. The van der Waals surface area contributed by atoms with Gasteiger partial charge in [0.2, 0.25) is 5.91 Å². The summed E-state index contributed by atoms with van der Waals surface area (Å²) in [6, 6.07) is 6.67. The Morgan fingerprint density at radius 2 is 1.95 bits per heavy atom. The quantitative estimate of drug-likeness (QED) is 0.884. The minimum absolute atomic E-state index is 0.169. The summed E-state index contributed by atoms with van der Waals surface area (Å²) >= 11 is 0. The Labute approximate surface area is 116 Å². The van der Waals surface area contributed by atoms with Crippen molar-refractivity contribution >= 4 is 5.91 Å². The third kappa shape index (κ3) is 3.82. The molecule has 0 aliphatic heterocycles. The first-order valence-electron chi connectivity index (χ1n) is 7.42. The highest BCUT2D eigenvalue weighted by Gasteiger charge is 2.22. The van der Waals surface area contributed by atoms with Crippen molar-refractivity contribution < 1.29 is 4.79 Å². The van der Waals surface area contributed by atoms with Crippen LogP contribution in [0.1, 0.15) is 49.3 Å². The van der Waals surface area contributed by atoms with E-state index in [1.54, 1.807) is 0 Å². The van der Waals surface area contributed by atoms with Gasteiger partial charge in [0.05, 0.1) is 6.42 Å². The lowest BCUT2D eigenvalue weighted by atomic mass is 9.86. The molecule has 0 bridgehead atoms. The van der Waals surface area contributed by atoms with E-state index in [1.807, 2.05) is 0 Å². The van der Waals surface area contributed by atoms with Crippen molar-refractivity contribution in [3.63, 3.8) is 0 Å². The van der Waals surface area contributed by atoms with Crippen LogP contribution in [0.25, 0.3) is 0 Å². The van der Waals surface area contributed by atoms with Crippen molar-refractivity contribution in [3.05, 3.63) is 34.9 Å². The Morgan fingerprint density at radius 1 is 1.21 bits per heavy atom. The van der Waals surface area contributed by atoms with E-state index >= 15 is 0 Å². The molecular formula is C17H25NO. The fraction of sp³-hybridized carbons (Fsp3) is 0.588. The molecular weight excluding hydrogens is 234 g/mol. The molecule has 1 aliphatic carbocycles. The number of rotatable bonds is 3. The topological polar surface area (TPSA) is 29.1 Å². The fourth-order valence-electron chi connectivity index (χ4n) is 2.89. The number of amides is 1. The van der Waals surface area contributed by atoms with E-state index < -0.39 is 0 Å². The Bertz CT molecular complexity index is 453. The van der Waals surface area contributed by atoms with Gasteiger partial charge in [-0.2, -0.15) is 0 Å². The number of aryl methyl sites for hydroxylation is 2. The Balaban J connectivity index is 1.91. The Hall–Kier alpha value is -1.31. The summed E-state index contributed by atoms with van der Waals surface area (Å²) in [5.74, 6) is 0.791. The number of hydrogen-bond donors (Lipinski definition) is 1. The smallest absolute Gasteiger partial charge is 0.224 e. The number of carbonyl (C=O) groups is 1. The van der Waals surface area contributed by atoms with Crippen molar-refractivity contribution in [1.29, 1.82) is 0 Å². The summed E-state index contributed by atoms with van der Waals surface area (Å²) in [5.41, 5.74) is 3.66. The maximum Gasteiger partial charge on any atom is 0.224 e. The van der Waals surface area contributed by atoms with Crippen LogP contribution in [-0.4, -0.2) is 11.9 Å². The Morgan fingerprint density at radius 3 is 2.63 bits per heavy atom. The van der Waals surface area contributed by atoms with Gasteiger partial charge in [0.15, 0.2) is 0 Å². The van der Waals surface area contributed by atoms with Crippen molar-refractivity contribution in [2.24, 2.45) is 5.92 Å². The zero-order chi connectivity index (χ0) is 13.8. The van der Waals surface area contributed by atoms with Gasteiger partial charge in [-0.15, -0.1) is 0 Å². The van der Waals surface area contributed by atoms with E-state index in [9.17, 15) is 4.79 Å². The summed E-state index contributed by atoms with van der Waals surface area (Å²) < 4.78 is 0. The second-order valence-corrected chi connectivity index (χ2v) is 6.03. The largest absolute Gasteiger partial charge is 0.353 e. The molecule has 1 N–H and O–H groups in total. The Kier molecular flexibility index (Phi) is 4.62. The molecule has 2 rings (SSSR count). The zero-order valence-corrected chi connectivity index (χ0v) is 12.3. The highest BCUT2D eigenvalue weighted by atomic mass is 16.1. The van der Waals surface area contributed by atoms with Gasteiger partial charge in [0, 0.05) is 6.04 Å². The normalized spacial score (nSPS) is 23.1. The van der Waals surface area contributed by atoms with Crippen molar-refractivity contribution in [3.8, 4) is 0 Å². The van der Waals surface area contributed by atoms with E-state index in [4.69, 9.17) is 0 Å². The van der Waals surface area contributed by atoms with Crippen LogP contribution in [0, 0.1) is 19.8 Å². The molecule has 0 heterocycles. The maximum absolute atomic E-state index is 12.1. The molecule has 1 aliphatic rings. The van der Waals surface area contributed by atoms with Crippen LogP contribution >= 0.6 is 0 Å². The van der Waals surface area contributed by atoms with Gasteiger partial charge >= 0.3 is 0 Å². The molecule has 2 nitrogen and oxygen atoms in total. The van der Waals surface area contributed by atoms with Gasteiger partial charge < -0.3 is 5.32 Å². The van der Waals surface area contributed by atoms with Gasteiger partial charge in [0.1, 0.15) is 0 Å². The number of carbonyl (C=O) groups excluding carboxylic acids is 1. The third-order valence-electron chi connectivity index (χ3n) is 4.39. The predicted octanol–water partition coefficient (Wildman–Crippen LogP) is 3.54. The van der Waals surface area contributed by atoms with Crippen LogP contribution < -0.4 is 5.32 Å². The molecule has 2 unspecified atom stereocenters. The van der Waals surface area contributed by atoms with E-state index in [0.29, 0.717) is 18.4 Å². The predicted molar refractivity (Wildman–Crippen MR) is 79.2 cm³/mol. The zero-order valence-electron chi connectivity index (χ0n) is 12.3. The monoisotopic (exact) mass is 259 g/mol. The van der Waals surface area contributed by atoms with Gasteiger partial charge in [0.25, 0.3) is 0 Å². The molecule has 2 heteroatoms. The van der Waals surface area contributed by atoms with Crippen LogP contribution in [0.3, 0.4) is 0 Å². The second-order valence-electron chi connectivity index (χ2n) is 6.03. The summed E-state index contributed by atoms with van der Waals surface area (Å²) in [5, 5.41) is 3.21. The lowest BCUT2D eigenvalue weighted by Crippen LogP contribution is -2.41. The minimum Gasteiger partial charge on any atom is -0.353 e. The average molecular weight is 259 g/mol. The molecule has 19 heavy (non-hydrogen) atoms. The third-order valence-corrected chi connectivity index (χ3v) is 4.39. The number of nitrogens with one attached hydrogen (secondary N) is 1. The van der Waals surface area contributed by atoms with Crippen molar-refractivity contribution in [2.45, 2.75) is 58.9 Å². The molecule has 1 aromatic carbocycles. The molecule has 1 fully saturated rings. The van der Waals surface area contributed by atoms with Crippen molar-refractivity contribution in [2.75, 3.05) is 0 Å². The first kappa shape index (κ1) is 14.1. The van der Waals surface area contributed by atoms with Crippen LogP contribution in [-0.2, 0) is 11.2 Å². The van der Waals surface area contributed by atoms with E-state index in [-0.39, 0.29) is 5.91 Å². The van der Waals surface area contributed by atoms with Gasteiger partial charge in [-0.25, -0.2) is 0 Å². The van der Waals surface area contributed by atoms with Crippen molar-refractivity contribution in [1.82, 2.24) is 5.32 Å². The summed E-state index contributed by atoms with van der Waals surface area (Å²) in [6.45, 7) is 6.45. The summed E-state index contributed by atoms with van der Waals surface area (Å²) in [4.78, 5) is 12.1. The molecule has 1 aromatic rings. The summed E-state index contributed by atoms with van der Waals surface area (Å²) in [7, 11) is 0. The maximum atomic E-state index is 12.1. The van der Waals surface area contributed by atoms with Gasteiger partial charge in [-0.1, -0.05) is 38.0 Å². The van der Waals surface area contributed by atoms with Gasteiger partial charge in [-0.05, 0) is 49.3 Å². The highest BCUT2D eigenvalue weighted by Crippen LogP contribution is 2.23. The standard InChI is InChI=1S/C17H25NO/c1-12-8-9-15(10-14(12)3)11-17(19)18-16-7-5-4-6-13(16)2/h8-10,13,16H,4-7,11H2,1-3H3,(H,18,19). The lowest BCUT2D eigenvalue weighted by Gasteiger charge is -2.29. The molecule has 0 radical (unpaired) electrons. The van der Waals surface area contributed by atoms with E-state index in [1.165, 1.54) is 30.4 Å². The van der Waals surface area contributed by atoms with E-state index in [0.717, 1.165) is 12.0 Å². The molecule has 0 saturated heterocycles. The number of hydrogen-bond acceptors (Lipinski definition) is 1. The number of benzene rings is 1. The molecule has 104 valence electrons. The molecule has 0 spiro atoms.